The molecule has 0 amide bonds. The summed E-state index contributed by atoms with van der Waals surface area (Å²) in [5.41, 5.74) is 7.59. The van der Waals surface area contributed by atoms with Crippen molar-refractivity contribution in [2.45, 2.75) is 38.6 Å². The van der Waals surface area contributed by atoms with Gasteiger partial charge in [0, 0.05) is 18.6 Å². The van der Waals surface area contributed by atoms with Crippen molar-refractivity contribution in [2.75, 3.05) is 19.6 Å². The molecule has 0 saturated carbocycles. The summed E-state index contributed by atoms with van der Waals surface area (Å²) in [6.45, 7) is 7.80. The van der Waals surface area contributed by atoms with E-state index in [0.29, 0.717) is 0 Å². The maximum absolute atomic E-state index is 6.09. The van der Waals surface area contributed by atoms with Crippen LogP contribution in [-0.4, -0.2) is 30.1 Å². The van der Waals surface area contributed by atoms with Gasteiger partial charge in [-0.3, -0.25) is 4.90 Å². The van der Waals surface area contributed by atoms with Crippen LogP contribution in [0.15, 0.2) is 30.3 Å². The van der Waals surface area contributed by atoms with Crippen molar-refractivity contribution in [3.05, 3.63) is 35.9 Å². The van der Waals surface area contributed by atoms with Crippen LogP contribution in [0.5, 0.6) is 0 Å². The van der Waals surface area contributed by atoms with Gasteiger partial charge in [-0.1, -0.05) is 37.3 Å². The van der Waals surface area contributed by atoms with E-state index in [1.165, 1.54) is 31.5 Å². The molecule has 0 radical (unpaired) electrons. The van der Waals surface area contributed by atoms with E-state index < -0.39 is 0 Å². The molecule has 1 heterocycles. The highest BCUT2D eigenvalue weighted by molar-refractivity contribution is 5.18. The van der Waals surface area contributed by atoms with Gasteiger partial charge in [0.1, 0.15) is 0 Å². The third kappa shape index (κ3) is 3.12. The molecule has 2 unspecified atom stereocenters. The minimum atomic E-state index is 0.107. The van der Waals surface area contributed by atoms with Crippen LogP contribution in [-0.2, 0) is 6.42 Å². The summed E-state index contributed by atoms with van der Waals surface area (Å²) in [4.78, 5) is 2.61. The molecule has 18 heavy (non-hydrogen) atoms. The topological polar surface area (TPSA) is 29.3 Å². The molecule has 1 fully saturated rings. The number of hydrogen-bond donors (Lipinski definition) is 1. The standard InChI is InChI=1S/C16H26N2/c1-14-7-6-10-18(12-14)16(2,13-17)11-15-8-4-3-5-9-15/h3-5,8-9,14H,6-7,10-13,17H2,1-2H3. The monoisotopic (exact) mass is 246 g/mol. The van der Waals surface area contributed by atoms with E-state index in [9.17, 15) is 0 Å². The van der Waals surface area contributed by atoms with Gasteiger partial charge in [-0.05, 0) is 44.2 Å². The first-order valence-corrected chi connectivity index (χ1v) is 7.13. The number of rotatable bonds is 4. The maximum Gasteiger partial charge on any atom is 0.0343 e. The van der Waals surface area contributed by atoms with Crippen molar-refractivity contribution in [2.24, 2.45) is 11.7 Å². The van der Waals surface area contributed by atoms with E-state index in [2.05, 4.69) is 49.1 Å². The fourth-order valence-electron chi connectivity index (χ4n) is 3.03. The zero-order valence-corrected chi connectivity index (χ0v) is 11.7. The molecule has 1 saturated heterocycles. The predicted molar refractivity (Wildman–Crippen MR) is 77.6 cm³/mol. The van der Waals surface area contributed by atoms with Crippen LogP contribution in [0.2, 0.25) is 0 Å². The van der Waals surface area contributed by atoms with Gasteiger partial charge in [-0.25, -0.2) is 0 Å². The lowest BCUT2D eigenvalue weighted by atomic mass is 9.87. The average molecular weight is 246 g/mol. The van der Waals surface area contributed by atoms with Crippen LogP contribution in [0, 0.1) is 5.92 Å². The Kier molecular flexibility index (Phi) is 4.41. The van der Waals surface area contributed by atoms with Gasteiger partial charge in [-0.2, -0.15) is 0 Å². The fraction of sp³-hybridized carbons (Fsp3) is 0.625. The maximum atomic E-state index is 6.09. The van der Waals surface area contributed by atoms with Crippen molar-refractivity contribution in [1.82, 2.24) is 4.90 Å². The molecule has 1 aliphatic rings. The minimum Gasteiger partial charge on any atom is -0.329 e. The van der Waals surface area contributed by atoms with Gasteiger partial charge < -0.3 is 5.73 Å². The van der Waals surface area contributed by atoms with E-state index in [4.69, 9.17) is 5.73 Å². The van der Waals surface area contributed by atoms with E-state index in [0.717, 1.165) is 18.9 Å². The van der Waals surface area contributed by atoms with E-state index in [1.807, 2.05) is 0 Å². The van der Waals surface area contributed by atoms with Gasteiger partial charge >= 0.3 is 0 Å². The lowest BCUT2D eigenvalue weighted by Crippen LogP contribution is -2.56. The van der Waals surface area contributed by atoms with Crippen LogP contribution < -0.4 is 5.73 Å². The molecule has 1 aromatic rings. The highest BCUT2D eigenvalue weighted by Gasteiger charge is 2.33. The Morgan fingerprint density at radius 3 is 2.67 bits per heavy atom. The number of likely N-dealkylation sites (tertiary alicyclic amines) is 1. The van der Waals surface area contributed by atoms with Crippen LogP contribution in [0.1, 0.15) is 32.3 Å². The van der Waals surface area contributed by atoms with Gasteiger partial charge in [0.25, 0.3) is 0 Å². The summed E-state index contributed by atoms with van der Waals surface area (Å²) < 4.78 is 0. The quantitative estimate of drug-likeness (QED) is 0.885. The van der Waals surface area contributed by atoms with E-state index in [1.54, 1.807) is 0 Å². The third-order valence-corrected chi connectivity index (χ3v) is 4.29. The molecule has 2 N–H and O–H groups in total. The Labute approximate surface area is 111 Å². The lowest BCUT2D eigenvalue weighted by Gasteiger charge is -2.45. The molecule has 2 rings (SSSR count). The summed E-state index contributed by atoms with van der Waals surface area (Å²) in [5, 5.41) is 0. The number of nitrogens with two attached hydrogens (primary N) is 1. The first-order chi connectivity index (χ1) is 8.64. The van der Waals surface area contributed by atoms with E-state index in [-0.39, 0.29) is 5.54 Å². The van der Waals surface area contributed by atoms with Crippen LogP contribution in [0.3, 0.4) is 0 Å². The molecule has 0 aromatic heterocycles. The van der Waals surface area contributed by atoms with E-state index >= 15 is 0 Å². The second-order valence-corrected chi connectivity index (χ2v) is 6.06. The zero-order chi connectivity index (χ0) is 13.0. The minimum absolute atomic E-state index is 0.107. The number of hydrogen-bond acceptors (Lipinski definition) is 2. The van der Waals surface area contributed by atoms with Crippen LogP contribution in [0.4, 0.5) is 0 Å². The second-order valence-electron chi connectivity index (χ2n) is 6.06. The molecule has 0 aliphatic carbocycles. The summed E-state index contributed by atoms with van der Waals surface area (Å²) in [6.07, 6.45) is 3.73. The smallest absolute Gasteiger partial charge is 0.0343 e. The molecule has 1 aliphatic heterocycles. The second kappa shape index (κ2) is 5.85. The van der Waals surface area contributed by atoms with Crippen molar-refractivity contribution in [3.63, 3.8) is 0 Å². The number of benzene rings is 1. The Hall–Kier alpha value is -0.860. The predicted octanol–water partition coefficient (Wildman–Crippen LogP) is 2.68. The Morgan fingerprint density at radius 2 is 2.06 bits per heavy atom. The van der Waals surface area contributed by atoms with Gasteiger partial charge in [0.05, 0.1) is 0 Å². The average Bonchev–Trinajstić information content (AvgIpc) is 2.40. The molecule has 2 heteroatoms. The largest absolute Gasteiger partial charge is 0.329 e. The molecular formula is C16H26N2. The molecule has 0 spiro atoms. The molecule has 100 valence electrons. The number of nitrogens with zero attached hydrogens (tertiary/aromatic N) is 1. The Morgan fingerprint density at radius 1 is 1.33 bits per heavy atom. The highest BCUT2D eigenvalue weighted by Crippen LogP contribution is 2.26. The molecule has 2 atom stereocenters. The summed E-state index contributed by atoms with van der Waals surface area (Å²) in [7, 11) is 0. The highest BCUT2D eigenvalue weighted by atomic mass is 15.2. The summed E-state index contributed by atoms with van der Waals surface area (Å²) in [6, 6.07) is 10.7. The van der Waals surface area contributed by atoms with Gasteiger partial charge in [0.2, 0.25) is 0 Å². The third-order valence-electron chi connectivity index (χ3n) is 4.29. The lowest BCUT2D eigenvalue weighted by molar-refractivity contribution is 0.0641. The summed E-state index contributed by atoms with van der Waals surface area (Å²) >= 11 is 0. The molecule has 2 nitrogen and oxygen atoms in total. The van der Waals surface area contributed by atoms with Crippen molar-refractivity contribution in [1.29, 1.82) is 0 Å². The summed E-state index contributed by atoms with van der Waals surface area (Å²) in [5.74, 6) is 0.806. The van der Waals surface area contributed by atoms with Crippen molar-refractivity contribution in [3.8, 4) is 0 Å². The molecular weight excluding hydrogens is 220 g/mol. The Bertz CT molecular complexity index is 363. The van der Waals surface area contributed by atoms with Crippen molar-refractivity contribution < 1.29 is 0 Å². The zero-order valence-electron chi connectivity index (χ0n) is 11.7. The van der Waals surface area contributed by atoms with Gasteiger partial charge in [-0.15, -0.1) is 0 Å². The number of piperidine rings is 1. The first kappa shape index (κ1) is 13.6. The van der Waals surface area contributed by atoms with Crippen LogP contribution >= 0.6 is 0 Å². The Balaban J connectivity index is 2.09. The van der Waals surface area contributed by atoms with Crippen molar-refractivity contribution >= 4 is 0 Å². The first-order valence-electron chi connectivity index (χ1n) is 7.13. The fourth-order valence-corrected chi connectivity index (χ4v) is 3.03. The SMILES string of the molecule is CC1CCCN(C(C)(CN)Cc2ccccc2)C1. The normalized spacial score (nSPS) is 24.7. The molecule has 0 bridgehead atoms. The van der Waals surface area contributed by atoms with Gasteiger partial charge in [0.15, 0.2) is 0 Å². The molecule has 1 aromatic carbocycles. The van der Waals surface area contributed by atoms with Crippen LogP contribution in [0.25, 0.3) is 0 Å².